The highest BCUT2D eigenvalue weighted by molar-refractivity contribution is 5.57. The van der Waals surface area contributed by atoms with Crippen LogP contribution in [0.4, 0.5) is 0 Å². The molecule has 3 nitrogen and oxygen atoms in total. The first-order valence-corrected chi connectivity index (χ1v) is 6.30. The standard InChI is InChI=1S/C13H27N3/c1-10(2)12-15(8-13(5,6)7)9-14-16(12)11(3)4/h9-12H,8H2,1-7H3. The molecule has 0 fully saturated rings. The summed E-state index contributed by atoms with van der Waals surface area (Å²) in [6.07, 6.45) is 2.43. The van der Waals surface area contributed by atoms with Crippen LogP contribution < -0.4 is 0 Å². The van der Waals surface area contributed by atoms with Crippen LogP contribution in [0.1, 0.15) is 48.5 Å². The van der Waals surface area contributed by atoms with E-state index in [1.165, 1.54) is 0 Å². The summed E-state index contributed by atoms with van der Waals surface area (Å²) in [6.45, 7) is 16.8. The predicted molar refractivity (Wildman–Crippen MR) is 70.3 cm³/mol. The third kappa shape index (κ3) is 3.13. The molecule has 0 spiro atoms. The van der Waals surface area contributed by atoms with Gasteiger partial charge in [0.2, 0.25) is 0 Å². The van der Waals surface area contributed by atoms with Crippen LogP contribution in [0.5, 0.6) is 0 Å². The highest BCUT2D eigenvalue weighted by atomic mass is 15.6. The van der Waals surface area contributed by atoms with Crippen molar-refractivity contribution in [3.63, 3.8) is 0 Å². The number of nitrogens with zero attached hydrogens (tertiary/aromatic N) is 3. The van der Waals surface area contributed by atoms with Crippen LogP contribution in [-0.4, -0.2) is 35.0 Å². The number of hydrogen-bond acceptors (Lipinski definition) is 3. The van der Waals surface area contributed by atoms with Gasteiger partial charge < -0.3 is 4.90 Å². The SMILES string of the molecule is CC(C)C1N(CC(C)(C)C)C=NN1C(C)C. The molecule has 0 aromatic heterocycles. The average molecular weight is 225 g/mol. The molecule has 0 N–H and O–H groups in total. The molecular formula is C13H27N3. The lowest BCUT2D eigenvalue weighted by molar-refractivity contribution is 0.0487. The van der Waals surface area contributed by atoms with Crippen LogP contribution in [0.15, 0.2) is 5.10 Å². The van der Waals surface area contributed by atoms with Gasteiger partial charge in [-0.1, -0.05) is 34.6 Å². The molecule has 0 aromatic carbocycles. The third-order valence-corrected chi connectivity index (χ3v) is 2.73. The number of hydrazone groups is 1. The maximum absolute atomic E-state index is 4.54. The third-order valence-electron chi connectivity index (χ3n) is 2.73. The topological polar surface area (TPSA) is 18.8 Å². The Bertz CT molecular complexity index is 250. The Labute approximate surface area is 100 Å². The van der Waals surface area contributed by atoms with E-state index in [1.54, 1.807) is 0 Å². The van der Waals surface area contributed by atoms with E-state index in [2.05, 4.69) is 63.5 Å². The van der Waals surface area contributed by atoms with Crippen LogP contribution in [-0.2, 0) is 0 Å². The lowest BCUT2D eigenvalue weighted by Crippen LogP contribution is -2.48. The molecule has 3 heteroatoms. The summed E-state index contributed by atoms with van der Waals surface area (Å²) in [4.78, 5) is 2.38. The second-order valence-electron chi connectivity index (χ2n) is 6.60. The zero-order valence-corrected chi connectivity index (χ0v) is 11.9. The minimum atomic E-state index is 0.312. The minimum Gasteiger partial charge on any atom is -0.339 e. The Balaban J connectivity index is 2.76. The van der Waals surface area contributed by atoms with E-state index in [-0.39, 0.29) is 0 Å². The summed E-state index contributed by atoms with van der Waals surface area (Å²) < 4.78 is 0. The van der Waals surface area contributed by atoms with Crippen molar-refractivity contribution in [1.29, 1.82) is 0 Å². The van der Waals surface area contributed by atoms with Crippen molar-refractivity contribution >= 4 is 6.34 Å². The summed E-state index contributed by atoms with van der Waals surface area (Å²) in [6, 6.07) is 0.466. The van der Waals surface area contributed by atoms with E-state index in [9.17, 15) is 0 Å². The lowest BCUT2D eigenvalue weighted by Gasteiger charge is -2.38. The second kappa shape index (κ2) is 4.64. The normalized spacial score (nSPS) is 21.7. The molecule has 0 aromatic rings. The molecular weight excluding hydrogens is 198 g/mol. The fraction of sp³-hybridized carbons (Fsp3) is 0.923. The van der Waals surface area contributed by atoms with Gasteiger partial charge in [0.05, 0.1) is 0 Å². The molecule has 0 bridgehead atoms. The highest BCUT2D eigenvalue weighted by Crippen LogP contribution is 2.26. The largest absolute Gasteiger partial charge is 0.339 e. The molecule has 1 heterocycles. The van der Waals surface area contributed by atoms with Gasteiger partial charge in [0, 0.05) is 12.6 Å². The van der Waals surface area contributed by atoms with Crippen molar-refractivity contribution < 1.29 is 0 Å². The van der Waals surface area contributed by atoms with Crippen molar-refractivity contribution in [1.82, 2.24) is 9.91 Å². The maximum Gasteiger partial charge on any atom is 0.121 e. The quantitative estimate of drug-likeness (QED) is 0.735. The summed E-state index contributed by atoms with van der Waals surface area (Å²) in [5.41, 5.74) is 0.312. The molecule has 1 unspecified atom stereocenters. The van der Waals surface area contributed by atoms with Gasteiger partial charge in [0.15, 0.2) is 0 Å². The molecule has 0 saturated heterocycles. The fourth-order valence-corrected chi connectivity index (χ4v) is 2.22. The number of rotatable bonds is 3. The predicted octanol–water partition coefficient (Wildman–Crippen LogP) is 2.98. The Kier molecular flexibility index (Phi) is 3.87. The molecule has 1 rings (SSSR count). The van der Waals surface area contributed by atoms with Crippen LogP contribution in [0.2, 0.25) is 0 Å². The van der Waals surface area contributed by atoms with Gasteiger partial charge in [-0.25, -0.2) is 0 Å². The molecule has 0 aliphatic carbocycles. The summed E-state index contributed by atoms with van der Waals surface area (Å²) in [5, 5.41) is 6.76. The fourth-order valence-electron chi connectivity index (χ4n) is 2.22. The van der Waals surface area contributed by atoms with Crippen LogP contribution in [0, 0.1) is 11.3 Å². The molecule has 16 heavy (non-hydrogen) atoms. The van der Waals surface area contributed by atoms with Gasteiger partial charge in [-0.15, -0.1) is 0 Å². The van der Waals surface area contributed by atoms with E-state index >= 15 is 0 Å². The minimum absolute atomic E-state index is 0.312. The molecule has 1 aliphatic rings. The van der Waals surface area contributed by atoms with E-state index < -0.39 is 0 Å². The molecule has 1 atom stereocenters. The first-order chi connectivity index (χ1) is 7.22. The lowest BCUT2D eigenvalue weighted by atomic mass is 9.95. The Morgan fingerprint density at radius 2 is 1.75 bits per heavy atom. The highest BCUT2D eigenvalue weighted by Gasteiger charge is 2.33. The van der Waals surface area contributed by atoms with E-state index in [1.807, 2.05) is 6.34 Å². The molecule has 1 aliphatic heterocycles. The zero-order chi connectivity index (χ0) is 12.5. The second-order valence-corrected chi connectivity index (χ2v) is 6.60. The Morgan fingerprint density at radius 1 is 1.19 bits per heavy atom. The van der Waals surface area contributed by atoms with E-state index in [4.69, 9.17) is 0 Å². The first-order valence-electron chi connectivity index (χ1n) is 6.30. The monoisotopic (exact) mass is 225 g/mol. The van der Waals surface area contributed by atoms with Gasteiger partial charge in [0.1, 0.15) is 12.5 Å². The molecule has 0 radical (unpaired) electrons. The van der Waals surface area contributed by atoms with Crippen molar-refractivity contribution in [3.8, 4) is 0 Å². The van der Waals surface area contributed by atoms with Gasteiger partial charge in [0.25, 0.3) is 0 Å². The van der Waals surface area contributed by atoms with Crippen LogP contribution >= 0.6 is 0 Å². The van der Waals surface area contributed by atoms with Crippen molar-refractivity contribution in [2.24, 2.45) is 16.4 Å². The van der Waals surface area contributed by atoms with E-state index in [0.29, 0.717) is 23.5 Å². The summed E-state index contributed by atoms with van der Waals surface area (Å²) in [7, 11) is 0. The Morgan fingerprint density at radius 3 is 2.12 bits per heavy atom. The molecule has 94 valence electrons. The van der Waals surface area contributed by atoms with Crippen LogP contribution in [0.25, 0.3) is 0 Å². The van der Waals surface area contributed by atoms with Crippen molar-refractivity contribution in [2.45, 2.75) is 60.7 Å². The van der Waals surface area contributed by atoms with Crippen molar-refractivity contribution in [3.05, 3.63) is 0 Å². The smallest absolute Gasteiger partial charge is 0.121 e. The van der Waals surface area contributed by atoms with E-state index in [0.717, 1.165) is 6.54 Å². The first kappa shape index (κ1) is 13.3. The summed E-state index contributed by atoms with van der Waals surface area (Å²) >= 11 is 0. The van der Waals surface area contributed by atoms with Gasteiger partial charge in [-0.05, 0) is 25.2 Å². The number of hydrogen-bond donors (Lipinski definition) is 0. The maximum atomic E-state index is 4.54. The van der Waals surface area contributed by atoms with Gasteiger partial charge in [-0.3, -0.25) is 5.01 Å². The van der Waals surface area contributed by atoms with Gasteiger partial charge in [-0.2, -0.15) is 5.10 Å². The molecule has 0 saturated carbocycles. The summed E-state index contributed by atoms with van der Waals surface area (Å²) in [5.74, 6) is 0.590. The molecule has 0 amide bonds. The van der Waals surface area contributed by atoms with Crippen LogP contribution in [0.3, 0.4) is 0 Å². The Hall–Kier alpha value is -0.730. The van der Waals surface area contributed by atoms with Gasteiger partial charge >= 0.3 is 0 Å². The average Bonchev–Trinajstić information content (AvgIpc) is 2.44. The zero-order valence-electron chi connectivity index (χ0n) is 11.9. The van der Waals surface area contributed by atoms with Crippen molar-refractivity contribution in [2.75, 3.05) is 6.54 Å².